The van der Waals surface area contributed by atoms with Crippen molar-refractivity contribution in [2.75, 3.05) is 17.7 Å². The second kappa shape index (κ2) is 7.89. The predicted molar refractivity (Wildman–Crippen MR) is 100 cm³/mol. The normalized spacial score (nSPS) is 16.5. The van der Waals surface area contributed by atoms with Crippen LogP contribution >= 0.6 is 11.8 Å². The summed E-state index contributed by atoms with van der Waals surface area (Å²) in [5, 5.41) is 7.68. The van der Waals surface area contributed by atoms with E-state index in [1.165, 1.54) is 6.26 Å². The van der Waals surface area contributed by atoms with Gasteiger partial charge in [0.1, 0.15) is 0 Å². The van der Waals surface area contributed by atoms with Crippen molar-refractivity contribution in [1.82, 2.24) is 10.2 Å². The Bertz CT molecular complexity index is 985. The lowest BCUT2D eigenvalue weighted by atomic mass is 10.1. The van der Waals surface area contributed by atoms with Gasteiger partial charge in [0.2, 0.25) is 5.91 Å². The minimum Gasteiger partial charge on any atom is -0.459 e. The molecular formula is C19H17N3O5S. The fourth-order valence-corrected chi connectivity index (χ4v) is 3.41. The van der Waals surface area contributed by atoms with E-state index in [1.54, 1.807) is 28.8 Å². The summed E-state index contributed by atoms with van der Waals surface area (Å²) < 4.78 is 15.8. The van der Waals surface area contributed by atoms with Crippen LogP contribution in [-0.2, 0) is 20.9 Å². The number of rotatable bonds is 6. The van der Waals surface area contributed by atoms with Crippen molar-refractivity contribution in [3.05, 3.63) is 48.6 Å². The van der Waals surface area contributed by atoms with E-state index < -0.39 is 11.9 Å². The molecule has 2 aromatic heterocycles. The van der Waals surface area contributed by atoms with E-state index in [1.807, 2.05) is 30.5 Å². The van der Waals surface area contributed by atoms with Crippen molar-refractivity contribution in [3.63, 3.8) is 0 Å². The summed E-state index contributed by atoms with van der Waals surface area (Å²) in [5.74, 6) is -0.277. The molecule has 0 bridgehead atoms. The molecule has 1 aromatic carbocycles. The van der Waals surface area contributed by atoms with E-state index in [4.69, 9.17) is 13.6 Å². The lowest BCUT2D eigenvalue weighted by Gasteiger charge is -2.17. The monoisotopic (exact) mass is 399 g/mol. The van der Waals surface area contributed by atoms with Gasteiger partial charge >= 0.3 is 5.97 Å². The topological polar surface area (TPSA) is 98.7 Å². The number of anilines is 1. The van der Waals surface area contributed by atoms with Gasteiger partial charge in [-0.05, 0) is 36.6 Å². The molecule has 3 heterocycles. The average Bonchev–Trinajstić information content (AvgIpc) is 3.46. The van der Waals surface area contributed by atoms with Gasteiger partial charge in [-0.1, -0.05) is 6.07 Å². The highest BCUT2D eigenvalue weighted by atomic mass is 32.2. The summed E-state index contributed by atoms with van der Waals surface area (Å²) in [4.78, 5) is 27.4. The zero-order valence-electron chi connectivity index (χ0n) is 15.0. The van der Waals surface area contributed by atoms with E-state index in [-0.39, 0.29) is 37.3 Å². The van der Waals surface area contributed by atoms with E-state index in [0.29, 0.717) is 5.76 Å². The molecule has 1 atom stereocenters. The van der Waals surface area contributed by atoms with Crippen molar-refractivity contribution in [2.45, 2.75) is 17.9 Å². The number of amides is 1. The molecule has 0 aliphatic carbocycles. The number of aromatic nitrogens is 2. The van der Waals surface area contributed by atoms with Crippen LogP contribution in [-0.4, -0.2) is 34.9 Å². The van der Waals surface area contributed by atoms with Gasteiger partial charge in [-0.25, -0.2) is 0 Å². The van der Waals surface area contributed by atoms with Crippen LogP contribution in [0.4, 0.5) is 5.69 Å². The summed E-state index contributed by atoms with van der Waals surface area (Å²) >= 11 is 1.60. The maximum Gasteiger partial charge on any atom is 0.311 e. The maximum atomic E-state index is 12.4. The first-order valence-electron chi connectivity index (χ1n) is 8.61. The van der Waals surface area contributed by atoms with Crippen molar-refractivity contribution in [1.29, 1.82) is 0 Å². The first-order valence-corrected chi connectivity index (χ1v) is 9.84. The third kappa shape index (κ3) is 3.79. The van der Waals surface area contributed by atoms with Crippen molar-refractivity contribution in [2.24, 2.45) is 5.92 Å². The van der Waals surface area contributed by atoms with Gasteiger partial charge in [0.15, 0.2) is 12.4 Å². The molecule has 4 rings (SSSR count). The predicted octanol–water partition coefficient (Wildman–Crippen LogP) is 3.15. The van der Waals surface area contributed by atoms with Gasteiger partial charge in [0.05, 0.1) is 12.2 Å². The number of thioether (sulfide) groups is 1. The van der Waals surface area contributed by atoms with E-state index in [2.05, 4.69) is 10.2 Å². The number of benzene rings is 1. The summed E-state index contributed by atoms with van der Waals surface area (Å²) in [5.41, 5.74) is 0.784. The number of esters is 1. The Hall–Kier alpha value is -3.07. The number of carbonyl (C=O) groups excluding carboxylic acids is 2. The standard InChI is InChI=1S/C19H17N3O5S/c1-28-14-5-2-4-13(9-14)22-10-12(8-17(22)23)19(24)26-11-16-20-21-18(27-16)15-6-3-7-25-15/h2-7,9,12H,8,10-11H2,1H3/t12-/m1/s1. The van der Waals surface area contributed by atoms with Gasteiger partial charge in [0, 0.05) is 23.5 Å². The summed E-state index contributed by atoms with van der Waals surface area (Å²) in [6, 6.07) is 11.1. The highest BCUT2D eigenvalue weighted by Crippen LogP contribution is 2.29. The molecule has 0 N–H and O–H groups in total. The molecule has 28 heavy (non-hydrogen) atoms. The molecule has 0 radical (unpaired) electrons. The molecular weight excluding hydrogens is 382 g/mol. The first-order chi connectivity index (χ1) is 13.6. The van der Waals surface area contributed by atoms with Crippen LogP contribution in [0.5, 0.6) is 0 Å². The van der Waals surface area contributed by atoms with E-state index in [0.717, 1.165) is 10.6 Å². The molecule has 0 unspecified atom stereocenters. The molecule has 1 fully saturated rings. The zero-order valence-corrected chi connectivity index (χ0v) is 15.8. The smallest absolute Gasteiger partial charge is 0.311 e. The third-order valence-corrected chi connectivity index (χ3v) is 5.09. The minimum atomic E-state index is -0.530. The Morgan fingerprint density at radius 1 is 1.32 bits per heavy atom. The van der Waals surface area contributed by atoms with Gasteiger partial charge < -0.3 is 18.5 Å². The summed E-state index contributed by atoms with van der Waals surface area (Å²) in [6.07, 6.45) is 3.58. The second-order valence-corrected chi connectivity index (χ2v) is 7.07. The minimum absolute atomic E-state index is 0.0990. The molecule has 1 saturated heterocycles. The fraction of sp³-hybridized carbons (Fsp3) is 0.263. The maximum absolute atomic E-state index is 12.4. The van der Waals surface area contributed by atoms with Gasteiger partial charge in [0.25, 0.3) is 11.8 Å². The van der Waals surface area contributed by atoms with Crippen LogP contribution in [0.1, 0.15) is 12.3 Å². The molecule has 9 heteroatoms. The molecule has 1 aliphatic heterocycles. The third-order valence-electron chi connectivity index (χ3n) is 4.36. The highest BCUT2D eigenvalue weighted by Gasteiger charge is 2.36. The molecule has 8 nitrogen and oxygen atoms in total. The fourth-order valence-electron chi connectivity index (χ4n) is 2.96. The lowest BCUT2D eigenvalue weighted by Crippen LogP contribution is -2.26. The molecule has 0 spiro atoms. The Morgan fingerprint density at radius 3 is 3.00 bits per heavy atom. The largest absolute Gasteiger partial charge is 0.459 e. The molecule has 144 valence electrons. The van der Waals surface area contributed by atoms with Crippen LogP contribution in [0.25, 0.3) is 11.7 Å². The van der Waals surface area contributed by atoms with Crippen molar-refractivity contribution < 1.29 is 23.2 Å². The average molecular weight is 399 g/mol. The molecule has 1 amide bonds. The van der Waals surface area contributed by atoms with Crippen LogP contribution < -0.4 is 4.90 Å². The Balaban J connectivity index is 1.36. The second-order valence-electron chi connectivity index (χ2n) is 6.19. The SMILES string of the molecule is CSc1cccc(N2C[C@H](C(=O)OCc3nnc(-c4ccco4)o3)CC2=O)c1. The zero-order chi connectivity index (χ0) is 19.5. The van der Waals surface area contributed by atoms with Crippen LogP contribution in [0, 0.1) is 5.92 Å². The number of nitrogens with zero attached hydrogens (tertiary/aromatic N) is 3. The number of furan rings is 1. The van der Waals surface area contributed by atoms with Gasteiger partial charge in [-0.3, -0.25) is 9.59 Å². The summed E-state index contributed by atoms with van der Waals surface area (Å²) in [7, 11) is 0. The molecule has 1 aliphatic rings. The Morgan fingerprint density at radius 2 is 2.21 bits per heavy atom. The van der Waals surface area contributed by atoms with Crippen molar-refractivity contribution in [3.8, 4) is 11.7 Å². The quantitative estimate of drug-likeness (QED) is 0.460. The first kappa shape index (κ1) is 18.3. The number of ether oxygens (including phenoxy) is 1. The molecule has 0 saturated carbocycles. The van der Waals surface area contributed by atoms with Gasteiger partial charge in [-0.15, -0.1) is 22.0 Å². The number of carbonyl (C=O) groups is 2. The molecule has 3 aromatic rings. The lowest BCUT2D eigenvalue weighted by molar-refractivity contribution is -0.150. The Labute approximate surface area is 164 Å². The van der Waals surface area contributed by atoms with Crippen LogP contribution in [0.2, 0.25) is 0 Å². The van der Waals surface area contributed by atoms with Crippen molar-refractivity contribution >= 4 is 29.3 Å². The van der Waals surface area contributed by atoms with Crippen LogP contribution in [0.3, 0.4) is 0 Å². The number of hydrogen-bond acceptors (Lipinski definition) is 8. The van der Waals surface area contributed by atoms with E-state index >= 15 is 0 Å². The number of hydrogen-bond donors (Lipinski definition) is 0. The Kier molecular flexibility index (Phi) is 5.16. The van der Waals surface area contributed by atoms with Crippen LogP contribution in [0.15, 0.2) is 56.4 Å². The van der Waals surface area contributed by atoms with E-state index in [9.17, 15) is 9.59 Å². The van der Waals surface area contributed by atoms with Gasteiger partial charge in [-0.2, -0.15) is 0 Å². The summed E-state index contributed by atoms with van der Waals surface area (Å²) in [6.45, 7) is 0.135. The highest BCUT2D eigenvalue weighted by molar-refractivity contribution is 7.98.